The Hall–Kier alpha value is -2.79. The van der Waals surface area contributed by atoms with Gasteiger partial charge in [0.15, 0.2) is 0 Å². The maximum atomic E-state index is 6.40. The van der Waals surface area contributed by atoms with Crippen molar-refractivity contribution in [1.82, 2.24) is 10.1 Å². The molecule has 0 unspecified atom stereocenters. The zero-order valence-corrected chi connectivity index (χ0v) is 16.4. The van der Waals surface area contributed by atoms with Crippen molar-refractivity contribution in [3.05, 3.63) is 60.0 Å². The first-order valence-electron chi connectivity index (χ1n) is 8.86. The summed E-state index contributed by atoms with van der Waals surface area (Å²) in [4.78, 5) is 6.68. The second kappa shape index (κ2) is 8.73. The third kappa shape index (κ3) is 4.31. The monoisotopic (exact) mass is 383 g/mol. The Labute approximate surface area is 164 Å². The normalized spacial score (nSPS) is 11.5. The number of para-hydroxylation sites is 1. The summed E-state index contributed by atoms with van der Waals surface area (Å²) >= 11 is 6.40. The van der Waals surface area contributed by atoms with Crippen LogP contribution in [0.3, 0.4) is 0 Å². The summed E-state index contributed by atoms with van der Waals surface area (Å²) in [7, 11) is 1.61. The molecule has 6 heteroatoms. The Morgan fingerprint density at radius 1 is 1.11 bits per heavy atom. The predicted molar refractivity (Wildman–Crippen MR) is 110 cm³/mol. The topological polar surface area (TPSA) is 51.4 Å². The molecule has 1 aromatic heterocycles. The molecule has 0 fully saturated rings. The van der Waals surface area contributed by atoms with E-state index in [1.54, 1.807) is 7.11 Å². The number of rotatable bonds is 7. The van der Waals surface area contributed by atoms with Gasteiger partial charge in [0.05, 0.1) is 12.7 Å². The van der Waals surface area contributed by atoms with E-state index in [-0.39, 0.29) is 5.89 Å². The van der Waals surface area contributed by atoms with Crippen LogP contribution in [0, 0.1) is 0 Å². The van der Waals surface area contributed by atoms with Gasteiger partial charge in [-0.15, -0.1) is 0 Å². The Morgan fingerprint density at radius 3 is 2.48 bits per heavy atom. The number of hydrogen-bond donors (Lipinski definition) is 0. The standard InChI is InChI=1S/C21H22ClN3O2/c1-4-25(5-2)16-12-10-15(11-13-16)14-18(22)21-23-20(24-27-21)17-8-6-7-9-19(17)26-3/h6-14H,4-5H2,1-3H3/b18-14-. The van der Waals surface area contributed by atoms with Gasteiger partial charge in [-0.3, -0.25) is 0 Å². The average Bonchev–Trinajstić information content (AvgIpc) is 3.20. The quantitative estimate of drug-likeness (QED) is 0.552. The van der Waals surface area contributed by atoms with Crippen LogP contribution in [-0.4, -0.2) is 30.3 Å². The van der Waals surface area contributed by atoms with E-state index in [2.05, 4.69) is 41.0 Å². The fourth-order valence-electron chi connectivity index (χ4n) is 2.84. The van der Waals surface area contributed by atoms with Crippen LogP contribution in [0.2, 0.25) is 0 Å². The number of halogens is 1. The van der Waals surface area contributed by atoms with E-state index in [4.69, 9.17) is 20.9 Å². The van der Waals surface area contributed by atoms with Crippen LogP contribution >= 0.6 is 11.6 Å². The minimum absolute atomic E-state index is 0.269. The highest BCUT2D eigenvalue weighted by atomic mass is 35.5. The van der Waals surface area contributed by atoms with Gasteiger partial charge in [0.2, 0.25) is 5.82 Å². The van der Waals surface area contributed by atoms with Crippen LogP contribution in [0.1, 0.15) is 25.3 Å². The van der Waals surface area contributed by atoms with Crippen LogP contribution in [0.15, 0.2) is 53.1 Å². The summed E-state index contributed by atoms with van der Waals surface area (Å²) in [6, 6.07) is 15.7. The molecule has 0 atom stereocenters. The van der Waals surface area contributed by atoms with Gasteiger partial charge in [-0.2, -0.15) is 4.98 Å². The maximum absolute atomic E-state index is 6.40. The van der Waals surface area contributed by atoms with Crippen molar-refractivity contribution in [2.75, 3.05) is 25.1 Å². The first-order chi connectivity index (χ1) is 13.2. The highest BCUT2D eigenvalue weighted by molar-refractivity contribution is 6.50. The maximum Gasteiger partial charge on any atom is 0.269 e. The highest BCUT2D eigenvalue weighted by Crippen LogP contribution is 2.29. The Kier molecular flexibility index (Phi) is 6.14. The van der Waals surface area contributed by atoms with E-state index in [0.29, 0.717) is 16.6 Å². The van der Waals surface area contributed by atoms with Gasteiger partial charge >= 0.3 is 0 Å². The number of ether oxygens (including phenoxy) is 1. The van der Waals surface area contributed by atoms with Crippen molar-refractivity contribution in [3.63, 3.8) is 0 Å². The fraction of sp³-hybridized carbons (Fsp3) is 0.238. The van der Waals surface area contributed by atoms with Crippen LogP contribution < -0.4 is 9.64 Å². The number of benzene rings is 2. The molecule has 0 saturated carbocycles. The van der Waals surface area contributed by atoms with Crippen LogP contribution in [0.4, 0.5) is 5.69 Å². The van der Waals surface area contributed by atoms with Crippen LogP contribution in [-0.2, 0) is 0 Å². The minimum Gasteiger partial charge on any atom is -0.496 e. The molecule has 5 nitrogen and oxygen atoms in total. The van der Waals surface area contributed by atoms with Crippen LogP contribution in [0.25, 0.3) is 22.5 Å². The highest BCUT2D eigenvalue weighted by Gasteiger charge is 2.14. The molecule has 3 aromatic rings. The average molecular weight is 384 g/mol. The van der Waals surface area contributed by atoms with Crippen molar-refractivity contribution >= 4 is 28.4 Å². The number of methoxy groups -OCH3 is 1. The molecule has 0 bridgehead atoms. The molecule has 1 heterocycles. The number of hydrogen-bond acceptors (Lipinski definition) is 5. The molecule has 0 spiro atoms. The molecule has 0 radical (unpaired) electrons. The molecule has 3 rings (SSSR count). The van der Waals surface area contributed by atoms with E-state index < -0.39 is 0 Å². The van der Waals surface area contributed by atoms with Gasteiger partial charge in [-0.1, -0.05) is 41.0 Å². The fourth-order valence-corrected chi connectivity index (χ4v) is 3.04. The lowest BCUT2D eigenvalue weighted by molar-refractivity contribution is 0.406. The Bertz CT molecular complexity index is 915. The molecule has 0 saturated heterocycles. The second-order valence-corrected chi connectivity index (χ2v) is 6.29. The first kappa shape index (κ1) is 19.0. The lowest BCUT2D eigenvalue weighted by Crippen LogP contribution is -2.21. The number of anilines is 1. The Morgan fingerprint density at radius 2 is 1.81 bits per heavy atom. The van der Waals surface area contributed by atoms with E-state index in [0.717, 1.165) is 24.2 Å². The molecule has 140 valence electrons. The predicted octanol–water partition coefficient (Wildman–Crippen LogP) is 5.33. The molecule has 2 aromatic carbocycles. The smallest absolute Gasteiger partial charge is 0.269 e. The summed E-state index contributed by atoms with van der Waals surface area (Å²) in [6.07, 6.45) is 1.81. The van der Waals surface area contributed by atoms with Gasteiger partial charge in [0, 0.05) is 18.8 Å². The molecule has 0 aliphatic carbocycles. The van der Waals surface area contributed by atoms with E-state index in [1.807, 2.05) is 42.5 Å². The van der Waals surface area contributed by atoms with Crippen molar-refractivity contribution < 1.29 is 9.26 Å². The minimum atomic E-state index is 0.269. The molecule has 27 heavy (non-hydrogen) atoms. The zero-order valence-electron chi connectivity index (χ0n) is 15.6. The Balaban J connectivity index is 1.82. The first-order valence-corrected chi connectivity index (χ1v) is 9.23. The lowest BCUT2D eigenvalue weighted by Gasteiger charge is -2.20. The third-order valence-electron chi connectivity index (χ3n) is 4.29. The van der Waals surface area contributed by atoms with Crippen molar-refractivity contribution in [2.45, 2.75) is 13.8 Å². The van der Waals surface area contributed by atoms with Crippen molar-refractivity contribution in [2.24, 2.45) is 0 Å². The molecular weight excluding hydrogens is 362 g/mol. The van der Waals surface area contributed by atoms with E-state index in [1.165, 1.54) is 5.69 Å². The zero-order chi connectivity index (χ0) is 19.2. The summed E-state index contributed by atoms with van der Waals surface area (Å²) in [5.74, 6) is 1.38. The SMILES string of the molecule is CCN(CC)c1ccc(/C=C(\Cl)c2nc(-c3ccccc3OC)no2)cc1. The van der Waals surface area contributed by atoms with Gasteiger partial charge < -0.3 is 14.2 Å². The largest absolute Gasteiger partial charge is 0.496 e. The lowest BCUT2D eigenvalue weighted by atomic mass is 10.1. The van der Waals surface area contributed by atoms with Crippen molar-refractivity contribution in [3.8, 4) is 17.1 Å². The molecule has 0 amide bonds. The number of aromatic nitrogens is 2. The van der Waals surface area contributed by atoms with E-state index in [9.17, 15) is 0 Å². The van der Waals surface area contributed by atoms with Gasteiger partial charge in [-0.25, -0.2) is 0 Å². The van der Waals surface area contributed by atoms with Gasteiger partial charge in [-0.05, 0) is 49.8 Å². The summed E-state index contributed by atoms with van der Waals surface area (Å²) in [5, 5.41) is 4.41. The second-order valence-electron chi connectivity index (χ2n) is 5.88. The third-order valence-corrected chi connectivity index (χ3v) is 4.56. The van der Waals surface area contributed by atoms with Gasteiger partial charge in [0.25, 0.3) is 5.89 Å². The summed E-state index contributed by atoms with van der Waals surface area (Å²) < 4.78 is 10.7. The molecular formula is C21H22ClN3O2. The summed E-state index contributed by atoms with van der Waals surface area (Å²) in [5.41, 5.74) is 2.90. The van der Waals surface area contributed by atoms with Crippen molar-refractivity contribution in [1.29, 1.82) is 0 Å². The van der Waals surface area contributed by atoms with Crippen LogP contribution in [0.5, 0.6) is 5.75 Å². The van der Waals surface area contributed by atoms with E-state index >= 15 is 0 Å². The molecule has 0 aliphatic heterocycles. The molecule has 0 aliphatic rings. The molecule has 0 N–H and O–H groups in total. The summed E-state index contributed by atoms with van der Waals surface area (Å²) in [6.45, 7) is 6.23. The number of nitrogens with zero attached hydrogens (tertiary/aromatic N) is 3. The van der Waals surface area contributed by atoms with Gasteiger partial charge in [0.1, 0.15) is 10.8 Å².